The van der Waals surface area contributed by atoms with Crippen molar-refractivity contribution in [3.63, 3.8) is 0 Å². The van der Waals surface area contributed by atoms with Crippen LogP contribution in [0.3, 0.4) is 0 Å². The number of halogens is 3. The summed E-state index contributed by atoms with van der Waals surface area (Å²) in [6, 6.07) is 8.71. The van der Waals surface area contributed by atoms with Crippen molar-refractivity contribution in [1.29, 1.82) is 0 Å². The van der Waals surface area contributed by atoms with Gasteiger partial charge in [-0.3, -0.25) is 4.79 Å². The first kappa shape index (κ1) is 17.9. The molecule has 0 heterocycles. The number of amides is 1. The second-order valence-corrected chi connectivity index (χ2v) is 5.53. The summed E-state index contributed by atoms with van der Waals surface area (Å²) in [4.78, 5) is 13.4. The second-order valence-electron chi connectivity index (χ2n) is 5.12. The van der Waals surface area contributed by atoms with Crippen molar-refractivity contribution >= 4 is 23.6 Å². The number of rotatable bonds is 5. The highest BCUT2D eigenvalue weighted by molar-refractivity contribution is 6.31. The average molecular weight is 352 g/mol. The molecule has 2 rings (SSSR count). The highest BCUT2D eigenvalue weighted by Gasteiger charge is 2.12. The molecular formula is C18H16ClF2NO2. The molecule has 0 saturated carbocycles. The lowest BCUT2D eigenvalue weighted by atomic mass is 10.2. The van der Waals surface area contributed by atoms with E-state index in [4.69, 9.17) is 16.3 Å². The summed E-state index contributed by atoms with van der Waals surface area (Å²) in [6.07, 6.45) is 2.76. The molecule has 1 amide bonds. The number of nitrogens with zero attached hydrogens (tertiary/aromatic N) is 1. The van der Waals surface area contributed by atoms with Crippen LogP contribution in [0.5, 0.6) is 5.75 Å². The molecule has 0 aromatic heterocycles. The quantitative estimate of drug-likeness (QED) is 0.752. The second kappa shape index (κ2) is 7.93. The van der Waals surface area contributed by atoms with Crippen molar-refractivity contribution in [3.8, 4) is 5.75 Å². The maximum atomic E-state index is 13.7. The van der Waals surface area contributed by atoms with Gasteiger partial charge in [0.15, 0.2) is 11.6 Å². The van der Waals surface area contributed by atoms with E-state index in [2.05, 4.69) is 0 Å². The van der Waals surface area contributed by atoms with Crippen LogP contribution in [0.1, 0.15) is 11.1 Å². The van der Waals surface area contributed by atoms with Gasteiger partial charge < -0.3 is 9.64 Å². The van der Waals surface area contributed by atoms with Gasteiger partial charge in [-0.2, -0.15) is 0 Å². The molecule has 0 aliphatic carbocycles. The first-order valence-electron chi connectivity index (χ1n) is 7.12. The van der Waals surface area contributed by atoms with E-state index in [1.54, 1.807) is 12.1 Å². The number of carbonyl (C=O) groups excluding carboxylic acids is 1. The minimum absolute atomic E-state index is 0.0334. The first-order valence-corrected chi connectivity index (χ1v) is 7.49. The molecule has 0 spiro atoms. The van der Waals surface area contributed by atoms with Crippen molar-refractivity contribution in [2.45, 2.75) is 6.54 Å². The summed E-state index contributed by atoms with van der Waals surface area (Å²) in [6.45, 7) is 0.0334. The Hall–Kier alpha value is -2.40. The molecule has 0 N–H and O–H groups in total. The van der Waals surface area contributed by atoms with Crippen LogP contribution in [0.25, 0.3) is 6.08 Å². The zero-order chi connectivity index (χ0) is 17.7. The van der Waals surface area contributed by atoms with Gasteiger partial charge in [-0.1, -0.05) is 23.7 Å². The molecule has 0 unspecified atom stereocenters. The molecule has 6 heteroatoms. The van der Waals surface area contributed by atoms with E-state index >= 15 is 0 Å². The smallest absolute Gasteiger partial charge is 0.246 e. The molecule has 3 nitrogen and oxygen atoms in total. The van der Waals surface area contributed by atoms with Gasteiger partial charge in [0.25, 0.3) is 0 Å². The molecule has 0 saturated heterocycles. The molecule has 2 aromatic rings. The maximum Gasteiger partial charge on any atom is 0.246 e. The van der Waals surface area contributed by atoms with Crippen molar-refractivity contribution in [3.05, 3.63) is 70.3 Å². The fourth-order valence-corrected chi connectivity index (χ4v) is 2.30. The molecule has 0 fully saturated rings. The van der Waals surface area contributed by atoms with Crippen LogP contribution in [0.15, 0.2) is 42.5 Å². The molecule has 126 valence electrons. The van der Waals surface area contributed by atoms with Crippen LogP contribution in [0.2, 0.25) is 5.02 Å². The summed E-state index contributed by atoms with van der Waals surface area (Å²) in [5, 5.41) is 0.260. The van der Waals surface area contributed by atoms with Crippen molar-refractivity contribution in [1.82, 2.24) is 4.90 Å². The number of hydrogen-bond acceptors (Lipinski definition) is 2. The fraction of sp³-hybridized carbons (Fsp3) is 0.167. The minimum Gasteiger partial charge on any atom is -0.494 e. The summed E-state index contributed by atoms with van der Waals surface area (Å²) in [5.41, 5.74) is 0.762. The van der Waals surface area contributed by atoms with Crippen LogP contribution in [0, 0.1) is 11.6 Å². The lowest BCUT2D eigenvalue weighted by Crippen LogP contribution is -2.24. The molecule has 24 heavy (non-hydrogen) atoms. The highest BCUT2D eigenvalue weighted by Crippen LogP contribution is 2.21. The average Bonchev–Trinajstić information content (AvgIpc) is 2.56. The highest BCUT2D eigenvalue weighted by atomic mass is 35.5. The van der Waals surface area contributed by atoms with Crippen LogP contribution >= 0.6 is 11.6 Å². The Kier molecular flexibility index (Phi) is 5.93. The number of methoxy groups -OCH3 is 1. The van der Waals surface area contributed by atoms with E-state index in [9.17, 15) is 13.6 Å². The van der Waals surface area contributed by atoms with Crippen molar-refractivity contribution in [2.24, 2.45) is 0 Å². The Bertz CT molecular complexity index is 757. The van der Waals surface area contributed by atoms with E-state index in [-0.39, 0.29) is 28.8 Å². The molecular weight excluding hydrogens is 336 g/mol. The number of carbonyl (C=O) groups is 1. The SMILES string of the molecule is COc1ccc(/C=C/C(=O)N(C)Cc2c(F)cccc2Cl)cc1F. The van der Waals surface area contributed by atoms with Gasteiger partial charge >= 0.3 is 0 Å². The minimum atomic E-state index is -0.515. The first-order chi connectivity index (χ1) is 11.4. The molecule has 2 aromatic carbocycles. The molecule has 0 aliphatic heterocycles. The van der Waals surface area contributed by atoms with E-state index < -0.39 is 11.6 Å². The van der Waals surface area contributed by atoms with Gasteiger partial charge in [-0.15, -0.1) is 0 Å². The predicted octanol–water partition coefficient (Wildman–Crippen LogP) is 4.30. The Labute approximate surface area is 144 Å². The Morgan fingerprint density at radius 3 is 2.62 bits per heavy atom. The zero-order valence-corrected chi connectivity index (χ0v) is 14.0. The third kappa shape index (κ3) is 4.32. The summed E-state index contributed by atoms with van der Waals surface area (Å²) < 4.78 is 32.2. The van der Waals surface area contributed by atoms with Gasteiger partial charge in [0.2, 0.25) is 5.91 Å². The largest absolute Gasteiger partial charge is 0.494 e. The van der Waals surface area contributed by atoms with Crippen molar-refractivity contribution < 1.29 is 18.3 Å². The number of likely N-dealkylation sites (N-methyl/N-ethyl adjacent to an activating group) is 1. The number of benzene rings is 2. The monoisotopic (exact) mass is 351 g/mol. The van der Waals surface area contributed by atoms with Gasteiger partial charge in [-0.05, 0) is 35.9 Å². The third-order valence-electron chi connectivity index (χ3n) is 3.43. The molecule has 0 aliphatic rings. The zero-order valence-electron chi connectivity index (χ0n) is 13.2. The van der Waals surface area contributed by atoms with Crippen LogP contribution < -0.4 is 4.74 Å². The van der Waals surface area contributed by atoms with E-state index in [0.717, 1.165) is 0 Å². The third-order valence-corrected chi connectivity index (χ3v) is 3.78. The number of ether oxygens (including phenoxy) is 1. The standard InChI is InChI=1S/C18H16ClF2NO2/c1-22(11-13-14(19)4-3-5-15(13)20)18(23)9-7-12-6-8-17(24-2)16(21)10-12/h3-10H,11H2,1-2H3/b9-7+. The Morgan fingerprint density at radius 1 is 1.25 bits per heavy atom. The van der Waals surface area contributed by atoms with Gasteiger partial charge in [0.1, 0.15) is 5.82 Å². The van der Waals surface area contributed by atoms with Gasteiger partial charge in [0, 0.05) is 30.3 Å². The topological polar surface area (TPSA) is 29.5 Å². The fourth-order valence-electron chi connectivity index (χ4n) is 2.08. The Morgan fingerprint density at radius 2 is 2.00 bits per heavy atom. The van der Waals surface area contributed by atoms with Crippen LogP contribution in [-0.2, 0) is 11.3 Å². The maximum absolute atomic E-state index is 13.7. The summed E-state index contributed by atoms with van der Waals surface area (Å²) in [7, 11) is 2.91. The Balaban J connectivity index is 2.07. The van der Waals surface area contributed by atoms with E-state index in [1.165, 1.54) is 55.5 Å². The summed E-state index contributed by atoms with van der Waals surface area (Å²) in [5.74, 6) is -1.21. The van der Waals surface area contributed by atoms with E-state index in [1.807, 2.05) is 0 Å². The molecule has 0 radical (unpaired) electrons. The lowest BCUT2D eigenvalue weighted by Gasteiger charge is -2.16. The van der Waals surface area contributed by atoms with Crippen LogP contribution in [-0.4, -0.2) is 25.0 Å². The van der Waals surface area contributed by atoms with Gasteiger partial charge in [0.05, 0.1) is 7.11 Å². The normalized spacial score (nSPS) is 10.9. The molecule has 0 atom stereocenters. The van der Waals surface area contributed by atoms with Crippen LogP contribution in [0.4, 0.5) is 8.78 Å². The predicted molar refractivity (Wildman–Crippen MR) is 89.9 cm³/mol. The lowest BCUT2D eigenvalue weighted by molar-refractivity contribution is -0.125. The molecule has 0 bridgehead atoms. The van der Waals surface area contributed by atoms with E-state index in [0.29, 0.717) is 5.56 Å². The number of hydrogen-bond donors (Lipinski definition) is 0. The summed E-state index contributed by atoms with van der Waals surface area (Å²) >= 11 is 5.95. The van der Waals surface area contributed by atoms with Gasteiger partial charge in [-0.25, -0.2) is 8.78 Å². The van der Waals surface area contributed by atoms with Crippen molar-refractivity contribution in [2.75, 3.05) is 14.2 Å².